The van der Waals surface area contributed by atoms with Gasteiger partial charge in [0.25, 0.3) is 0 Å². The second-order valence-corrected chi connectivity index (χ2v) is 6.27. The Kier molecular flexibility index (Phi) is 3.77. The Hall–Kier alpha value is -1.73. The lowest BCUT2D eigenvalue weighted by Gasteiger charge is -2.15. The second-order valence-electron chi connectivity index (χ2n) is 5.27. The van der Waals surface area contributed by atoms with Gasteiger partial charge in [-0.05, 0) is 25.8 Å². The van der Waals surface area contributed by atoms with Gasteiger partial charge in [0, 0.05) is 19.1 Å². The van der Waals surface area contributed by atoms with E-state index < -0.39 is 5.97 Å². The highest BCUT2D eigenvalue weighted by molar-refractivity contribution is 7.20. The number of rotatable bonds is 4. The predicted molar refractivity (Wildman–Crippen MR) is 81.1 cm³/mol. The SMILES string of the molecule is Cc1c(C(=O)O)sc2ncnc(NCC3CCOC3C)c12. The summed E-state index contributed by atoms with van der Waals surface area (Å²) >= 11 is 1.19. The minimum absolute atomic E-state index is 0.244. The Morgan fingerprint density at radius 3 is 3.05 bits per heavy atom. The normalized spacial score (nSPS) is 21.8. The van der Waals surface area contributed by atoms with Crippen LogP contribution in [0.3, 0.4) is 0 Å². The van der Waals surface area contributed by atoms with Gasteiger partial charge in [-0.2, -0.15) is 0 Å². The van der Waals surface area contributed by atoms with Gasteiger partial charge in [-0.3, -0.25) is 0 Å². The van der Waals surface area contributed by atoms with E-state index in [4.69, 9.17) is 4.74 Å². The molecule has 1 saturated heterocycles. The van der Waals surface area contributed by atoms with Crippen molar-refractivity contribution < 1.29 is 14.6 Å². The third-order valence-corrected chi connectivity index (χ3v) is 5.17. The fourth-order valence-electron chi connectivity index (χ4n) is 2.68. The van der Waals surface area contributed by atoms with Crippen LogP contribution in [-0.4, -0.2) is 40.3 Å². The molecule has 0 bridgehead atoms. The van der Waals surface area contributed by atoms with Crippen molar-refractivity contribution in [2.45, 2.75) is 26.4 Å². The Morgan fingerprint density at radius 2 is 2.38 bits per heavy atom. The van der Waals surface area contributed by atoms with E-state index in [-0.39, 0.29) is 6.10 Å². The maximum Gasteiger partial charge on any atom is 0.346 e. The van der Waals surface area contributed by atoms with Crippen molar-refractivity contribution in [3.63, 3.8) is 0 Å². The summed E-state index contributed by atoms with van der Waals surface area (Å²) in [7, 11) is 0. The molecule has 0 radical (unpaired) electrons. The molecule has 0 spiro atoms. The van der Waals surface area contributed by atoms with Crippen LogP contribution in [0.25, 0.3) is 10.2 Å². The molecule has 0 aromatic carbocycles. The monoisotopic (exact) mass is 307 g/mol. The van der Waals surface area contributed by atoms with Gasteiger partial charge >= 0.3 is 5.97 Å². The molecule has 2 N–H and O–H groups in total. The number of hydrogen-bond acceptors (Lipinski definition) is 6. The van der Waals surface area contributed by atoms with Gasteiger partial charge in [-0.25, -0.2) is 14.8 Å². The van der Waals surface area contributed by atoms with E-state index >= 15 is 0 Å². The first kappa shape index (κ1) is 14.2. The number of anilines is 1. The number of aromatic nitrogens is 2. The van der Waals surface area contributed by atoms with Crippen LogP contribution >= 0.6 is 11.3 Å². The number of ether oxygens (including phenoxy) is 1. The lowest BCUT2D eigenvalue weighted by molar-refractivity contribution is 0.0701. The molecule has 6 nitrogen and oxygen atoms in total. The molecule has 2 aromatic heterocycles. The zero-order chi connectivity index (χ0) is 15.0. The predicted octanol–water partition coefficient (Wildman–Crippen LogP) is 2.53. The Labute approximate surface area is 126 Å². The topological polar surface area (TPSA) is 84.3 Å². The maximum atomic E-state index is 11.2. The van der Waals surface area contributed by atoms with Crippen LogP contribution in [-0.2, 0) is 4.74 Å². The highest BCUT2D eigenvalue weighted by Gasteiger charge is 2.25. The smallest absolute Gasteiger partial charge is 0.346 e. The molecular formula is C14H17N3O3S. The number of nitrogens with zero attached hydrogens (tertiary/aromatic N) is 2. The molecule has 0 amide bonds. The van der Waals surface area contributed by atoms with Gasteiger partial charge in [-0.15, -0.1) is 11.3 Å². The molecule has 0 aliphatic carbocycles. The van der Waals surface area contributed by atoms with Crippen molar-refractivity contribution in [2.75, 3.05) is 18.5 Å². The summed E-state index contributed by atoms with van der Waals surface area (Å²) in [6, 6.07) is 0. The number of carbonyl (C=O) groups is 1. The van der Waals surface area contributed by atoms with E-state index in [2.05, 4.69) is 22.2 Å². The fourth-order valence-corrected chi connectivity index (χ4v) is 3.67. The average Bonchev–Trinajstić information content (AvgIpc) is 3.01. The number of aromatic carboxylic acids is 1. The van der Waals surface area contributed by atoms with Crippen LogP contribution in [0.2, 0.25) is 0 Å². The minimum atomic E-state index is -0.917. The first-order valence-corrected chi connectivity index (χ1v) is 7.72. The van der Waals surface area contributed by atoms with Crippen molar-refractivity contribution in [3.8, 4) is 0 Å². The minimum Gasteiger partial charge on any atom is -0.477 e. The number of thiophene rings is 1. The van der Waals surface area contributed by atoms with Crippen molar-refractivity contribution in [1.29, 1.82) is 0 Å². The number of aryl methyl sites for hydroxylation is 1. The van der Waals surface area contributed by atoms with Crippen molar-refractivity contribution >= 4 is 33.3 Å². The van der Waals surface area contributed by atoms with E-state index in [1.807, 2.05) is 0 Å². The van der Waals surface area contributed by atoms with Gasteiger partial charge < -0.3 is 15.2 Å². The van der Waals surface area contributed by atoms with E-state index in [1.165, 1.54) is 17.7 Å². The molecule has 1 aliphatic rings. The van der Waals surface area contributed by atoms with Crippen LogP contribution in [0.4, 0.5) is 5.82 Å². The number of carboxylic acid groups (broad SMARTS) is 1. The van der Waals surface area contributed by atoms with Gasteiger partial charge in [0.1, 0.15) is 21.9 Å². The second kappa shape index (κ2) is 5.57. The van der Waals surface area contributed by atoms with Crippen molar-refractivity contribution in [3.05, 3.63) is 16.8 Å². The molecule has 2 atom stereocenters. The quantitative estimate of drug-likeness (QED) is 0.903. The van der Waals surface area contributed by atoms with Gasteiger partial charge in [-0.1, -0.05) is 0 Å². The Bertz CT molecular complexity index is 685. The molecule has 2 aromatic rings. The van der Waals surface area contributed by atoms with Gasteiger partial charge in [0.2, 0.25) is 0 Å². The van der Waals surface area contributed by atoms with E-state index in [9.17, 15) is 9.90 Å². The van der Waals surface area contributed by atoms with Crippen molar-refractivity contribution in [2.24, 2.45) is 5.92 Å². The number of hydrogen-bond donors (Lipinski definition) is 2. The molecule has 2 unspecified atom stereocenters. The van der Waals surface area contributed by atoms with Crippen molar-refractivity contribution in [1.82, 2.24) is 9.97 Å². The average molecular weight is 307 g/mol. The van der Waals surface area contributed by atoms with E-state index in [0.29, 0.717) is 21.4 Å². The Morgan fingerprint density at radius 1 is 1.57 bits per heavy atom. The summed E-state index contributed by atoms with van der Waals surface area (Å²) in [4.78, 5) is 20.7. The third-order valence-electron chi connectivity index (χ3n) is 3.99. The molecule has 0 saturated carbocycles. The number of carboxylic acids is 1. The van der Waals surface area contributed by atoms with E-state index in [1.54, 1.807) is 6.92 Å². The summed E-state index contributed by atoms with van der Waals surface area (Å²) in [6.07, 6.45) is 2.75. The maximum absolute atomic E-state index is 11.2. The highest BCUT2D eigenvalue weighted by atomic mass is 32.1. The molecule has 3 heterocycles. The molecule has 1 fully saturated rings. The number of nitrogens with one attached hydrogen (secondary N) is 1. The van der Waals surface area contributed by atoms with Crippen LogP contribution in [0.1, 0.15) is 28.6 Å². The summed E-state index contributed by atoms with van der Waals surface area (Å²) in [6.45, 7) is 5.45. The zero-order valence-corrected chi connectivity index (χ0v) is 12.7. The highest BCUT2D eigenvalue weighted by Crippen LogP contribution is 2.33. The molecule has 112 valence electrons. The summed E-state index contributed by atoms with van der Waals surface area (Å²) in [5, 5.41) is 13.4. The first-order chi connectivity index (χ1) is 10.1. The van der Waals surface area contributed by atoms with Crippen LogP contribution in [0.15, 0.2) is 6.33 Å². The number of fused-ring (bicyclic) bond motifs is 1. The molecular weight excluding hydrogens is 290 g/mol. The summed E-state index contributed by atoms with van der Waals surface area (Å²) < 4.78 is 5.55. The first-order valence-electron chi connectivity index (χ1n) is 6.90. The van der Waals surface area contributed by atoms with Gasteiger partial charge in [0.05, 0.1) is 11.5 Å². The molecule has 3 rings (SSSR count). The summed E-state index contributed by atoms with van der Waals surface area (Å²) in [5.41, 5.74) is 0.723. The lowest BCUT2D eigenvalue weighted by atomic mass is 10.0. The standard InChI is InChI=1S/C14H17N3O3S/c1-7-10-12(15-5-9-3-4-20-8(9)2)16-6-17-13(10)21-11(7)14(18)19/h6,8-9H,3-5H2,1-2H3,(H,18,19)(H,15,16,17). The third kappa shape index (κ3) is 2.58. The molecule has 21 heavy (non-hydrogen) atoms. The van der Waals surface area contributed by atoms with Crippen LogP contribution < -0.4 is 5.32 Å². The van der Waals surface area contributed by atoms with Gasteiger partial charge in [0.15, 0.2) is 0 Å². The molecule has 7 heteroatoms. The largest absolute Gasteiger partial charge is 0.477 e. The summed E-state index contributed by atoms with van der Waals surface area (Å²) in [5.74, 6) is 0.243. The van der Waals surface area contributed by atoms with Crippen LogP contribution in [0, 0.1) is 12.8 Å². The molecule has 1 aliphatic heterocycles. The lowest BCUT2D eigenvalue weighted by Crippen LogP contribution is -2.21. The van der Waals surface area contributed by atoms with E-state index in [0.717, 1.165) is 30.5 Å². The van der Waals surface area contributed by atoms with Crippen LogP contribution in [0.5, 0.6) is 0 Å². The fraction of sp³-hybridized carbons (Fsp3) is 0.500. The Balaban J connectivity index is 1.89. The zero-order valence-electron chi connectivity index (χ0n) is 11.9.